The molecule has 1 saturated carbocycles. The monoisotopic (exact) mass is 629 g/mol. The van der Waals surface area contributed by atoms with Crippen molar-refractivity contribution in [3.05, 3.63) is 68.2 Å². The Kier molecular flexibility index (Phi) is 7.53. The minimum absolute atomic E-state index is 0.100. The molecule has 1 aromatic carbocycles. The van der Waals surface area contributed by atoms with E-state index >= 15 is 0 Å². The zero-order valence-corrected chi connectivity index (χ0v) is 25.7. The molecule has 2 N–H and O–H groups in total. The molecular weight excluding hydrogens is 600 g/mol. The molecule has 4 aromatic rings. The summed E-state index contributed by atoms with van der Waals surface area (Å²) >= 11 is 7.24. The quantitative estimate of drug-likeness (QED) is 0.212. The van der Waals surface area contributed by atoms with Crippen LogP contribution >= 0.6 is 23.5 Å². The molecule has 2 fully saturated rings. The summed E-state index contributed by atoms with van der Waals surface area (Å²) in [4.78, 5) is 41.9. The fourth-order valence-corrected chi connectivity index (χ4v) is 6.65. The topological polar surface area (TPSA) is 123 Å². The van der Waals surface area contributed by atoms with Gasteiger partial charge in [0, 0.05) is 37.9 Å². The lowest BCUT2D eigenvalue weighted by Gasteiger charge is -2.25. The van der Waals surface area contributed by atoms with Gasteiger partial charge in [0.15, 0.2) is 5.69 Å². The molecule has 6 rings (SSSR count). The summed E-state index contributed by atoms with van der Waals surface area (Å²) in [5.41, 5.74) is 2.67. The third kappa shape index (κ3) is 5.20. The van der Waals surface area contributed by atoms with Crippen molar-refractivity contribution in [1.82, 2.24) is 34.0 Å². The molecule has 4 heterocycles. The number of piperidine rings is 1. The van der Waals surface area contributed by atoms with Gasteiger partial charge in [0.05, 0.1) is 22.6 Å². The van der Waals surface area contributed by atoms with E-state index in [0.717, 1.165) is 27.8 Å². The summed E-state index contributed by atoms with van der Waals surface area (Å²) in [6.45, 7) is 3.84. The Labute approximate surface area is 255 Å². The Bertz CT molecular complexity index is 1800. The number of benzene rings is 1. The van der Waals surface area contributed by atoms with Crippen molar-refractivity contribution in [2.75, 3.05) is 29.6 Å². The fraction of sp³-hybridized carbons (Fsp3) is 0.429. The van der Waals surface area contributed by atoms with Gasteiger partial charge >= 0.3 is 6.55 Å². The first-order valence-electron chi connectivity index (χ1n) is 13.7. The van der Waals surface area contributed by atoms with E-state index < -0.39 is 6.55 Å². The first-order valence-corrected chi connectivity index (χ1v) is 15.3. The van der Waals surface area contributed by atoms with Crippen LogP contribution in [0, 0.1) is 25.7 Å². The van der Waals surface area contributed by atoms with Crippen LogP contribution in [0.5, 0.6) is 0 Å². The van der Waals surface area contributed by atoms with Crippen molar-refractivity contribution in [3.8, 4) is 0 Å². The fourth-order valence-electron chi connectivity index (χ4n) is 6.22. The number of halogens is 3. The number of hydrogen-bond acceptors (Lipinski definition) is 9. The summed E-state index contributed by atoms with van der Waals surface area (Å²) in [7, 11) is 1.70. The summed E-state index contributed by atoms with van der Waals surface area (Å²) < 4.78 is 32.0. The van der Waals surface area contributed by atoms with Crippen LogP contribution in [0.15, 0.2) is 29.1 Å². The normalized spacial score (nSPS) is 20.0. The number of aromatic nitrogens is 6. The Morgan fingerprint density at radius 3 is 2.53 bits per heavy atom. The molecule has 11 nitrogen and oxygen atoms in total. The lowest BCUT2D eigenvalue weighted by Crippen LogP contribution is -2.32. The smallest absolute Gasteiger partial charge is 0.334 e. The number of alkyl halides is 2. The largest absolute Gasteiger partial charge is 0.377 e. The molecule has 1 aliphatic heterocycles. The number of rotatable bonds is 8. The predicted octanol–water partition coefficient (Wildman–Crippen LogP) is 4.62. The Balaban J connectivity index is 1.32. The molecule has 1 saturated heterocycles. The number of nitrogens with zero attached hydrogens (tertiary/aromatic N) is 7. The Hall–Kier alpha value is -3.78. The Morgan fingerprint density at radius 1 is 1.14 bits per heavy atom. The van der Waals surface area contributed by atoms with E-state index in [1.165, 1.54) is 0 Å². The maximum atomic E-state index is 13.6. The molecule has 0 radical (unpaired) electrons. The van der Waals surface area contributed by atoms with Crippen LogP contribution in [0.4, 0.5) is 20.4 Å². The molecule has 226 valence electrons. The number of aryl methyl sites for hydroxylation is 2. The van der Waals surface area contributed by atoms with Crippen molar-refractivity contribution >= 4 is 52.0 Å². The number of amides is 1. The highest BCUT2D eigenvalue weighted by Crippen LogP contribution is 2.58. The summed E-state index contributed by atoms with van der Waals surface area (Å²) in [5.74, 6) is 0.915. The molecule has 43 heavy (non-hydrogen) atoms. The SMILES string of the molecule is CSNC(=O)c1nc(Cl)ccc1NC(C)c1cc(C)cc2c(=O)n(C)c(N3CC4C(C3)C4c3nc(C)nn3C(F)F)nc12. The van der Waals surface area contributed by atoms with Gasteiger partial charge in [-0.3, -0.25) is 18.9 Å². The predicted molar refractivity (Wildman–Crippen MR) is 162 cm³/mol. The average Bonchev–Trinajstić information content (AvgIpc) is 3.25. The van der Waals surface area contributed by atoms with Gasteiger partial charge in [0.1, 0.15) is 16.8 Å². The van der Waals surface area contributed by atoms with Crippen molar-refractivity contribution in [2.45, 2.75) is 39.3 Å². The van der Waals surface area contributed by atoms with Gasteiger partial charge in [-0.25, -0.2) is 15.0 Å². The van der Waals surface area contributed by atoms with Crippen LogP contribution in [0.25, 0.3) is 10.9 Å². The highest BCUT2D eigenvalue weighted by Gasteiger charge is 2.59. The first-order chi connectivity index (χ1) is 20.5. The van der Waals surface area contributed by atoms with Crippen molar-refractivity contribution in [1.29, 1.82) is 0 Å². The number of nitrogens with one attached hydrogen (secondary N) is 2. The van der Waals surface area contributed by atoms with Crippen LogP contribution in [0.3, 0.4) is 0 Å². The van der Waals surface area contributed by atoms with E-state index in [4.69, 9.17) is 16.6 Å². The zero-order valence-electron chi connectivity index (χ0n) is 24.1. The highest BCUT2D eigenvalue weighted by molar-refractivity contribution is 7.97. The summed E-state index contributed by atoms with van der Waals surface area (Å²) in [6, 6.07) is 6.73. The van der Waals surface area contributed by atoms with E-state index in [-0.39, 0.29) is 46.1 Å². The van der Waals surface area contributed by atoms with Gasteiger partial charge in [-0.15, -0.1) is 0 Å². The van der Waals surface area contributed by atoms with Gasteiger partial charge in [-0.05, 0) is 56.4 Å². The molecule has 15 heteroatoms. The van der Waals surface area contributed by atoms with Crippen LogP contribution in [0.2, 0.25) is 5.15 Å². The molecule has 0 spiro atoms. The number of anilines is 2. The van der Waals surface area contributed by atoms with Crippen molar-refractivity contribution < 1.29 is 13.6 Å². The maximum absolute atomic E-state index is 13.6. The average molecular weight is 630 g/mol. The van der Waals surface area contributed by atoms with E-state index in [1.54, 1.807) is 36.9 Å². The molecule has 3 atom stereocenters. The number of carbonyl (C=O) groups is 1. The number of pyridine rings is 1. The highest BCUT2D eigenvalue weighted by atomic mass is 35.5. The number of fused-ring (bicyclic) bond motifs is 2. The molecule has 3 aromatic heterocycles. The second kappa shape index (κ2) is 11.1. The molecule has 3 unspecified atom stereocenters. The molecule has 1 amide bonds. The standard InChI is InChI=1S/C28H30ClF2N9O2S/c1-12-8-15(13(2)32-19-6-7-20(29)34-23(19)25(41)37-43-5)22-16(9-12)26(42)38(4)28(35-22)39-10-17-18(11-39)21(17)24-33-14(3)36-40(24)27(30)31/h6-9,13,17-18,21,27,32H,10-11H2,1-5H3,(H,37,41). The summed E-state index contributed by atoms with van der Waals surface area (Å²) in [6.07, 6.45) is 1.74. The minimum atomic E-state index is -2.74. The first kappa shape index (κ1) is 29.3. The van der Waals surface area contributed by atoms with Crippen LogP contribution in [-0.2, 0) is 7.05 Å². The molecule has 0 bridgehead atoms. The maximum Gasteiger partial charge on any atom is 0.334 e. The number of hydrogen-bond donors (Lipinski definition) is 2. The van der Waals surface area contributed by atoms with Crippen LogP contribution in [-0.4, -0.2) is 54.6 Å². The van der Waals surface area contributed by atoms with Gasteiger partial charge < -0.3 is 10.2 Å². The van der Waals surface area contributed by atoms with Crippen LogP contribution < -0.4 is 20.5 Å². The lowest BCUT2D eigenvalue weighted by atomic mass is 10.0. The van der Waals surface area contributed by atoms with Crippen LogP contribution in [0.1, 0.15) is 58.7 Å². The van der Waals surface area contributed by atoms with Gasteiger partial charge in [0.25, 0.3) is 11.5 Å². The van der Waals surface area contributed by atoms with E-state index in [1.807, 2.05) is 30.9 Å². The minimum Gasteiger partial charge on any atom is -0.377 e. The van der Waals surface area contributed by atoms with E-state index in [2.05, 4.69) is 25.1 Å². The molecule has 2 aliphatic rings. The molecule has 1 aliphatic carbocycles. The van der Waals surface area contributed by atoms with E-state index in [0.29, 0.717) is 47.3 Å². The van der Waals surface area contributed by atoms with Crippen molar-refractivity contribution in [2.24, 2.45) is 18.9 Å². The number of carbonyl (C=O) groups excluding carboxylic acids is 1. The van der Waals surface area contributed by atoms with Gasteiger partial charge in [0.2, 0.25) is 5.95 Å². The lowest BCUT2D eigenvalue weighted by molar-refractivity contribution is 0.0522. The third-order valence-electron chi connectivity index (χ3n) is 8.16. The van der Waals surface area contributed by atoms with Gasteiger partial charge in [-0.1, -0.05) is 29.6 Å². The van der Waals surface area contributed by atoms with Gasteiger partial charge in [-0.2, -0.15) is 18.6 Å². The summed E-state index contributed by atoms with van der Waals surface area (Å²) in [5, 5.41) is 7.90. The van der Waals surface area contributed by atoms with Crippen molar-refractivity contribution in [3.63, 3.8) is 0 Å². The van der Waals surface area contributed by atoms with E-state index in [9.17, 15) is 18.4 Å². The second-order valence-electron chi connectivity index (χ2n) is 11.1. The zero-order chi connectivity index (χ0) is 30.7. The molecular formula is C28H30ClF2N9O2S. The second-order valence-corrected chi connectivity index (χ2v) is 12.1. The third-order valence-corrected chi connectivity index (χ3v) is 8.76. The Morgan fingerprint density at radius 2 is 1.86 bits per heavy atom.